The number of halogens is 1. The number of hydrogen-bond donors (Lipinski definition) is 2. The highest BCUT2D eigenvalue weighted by molar-refractivity contribution is 5.39. The van der Waals surface area contributed by atoms with Crippen LogP contribution in [0.5, 0.6) is 11.5 Å². The minimum atomic E-state index is -0.358. The summed E-state index contributed by atoms with van der Waals surface area (Å²) in [6.07, 6.45) is 1.01. The van der Waals surface area contributed by atoms with E-state index in [1.165, 1.54) is 12.1 Å². The summed E-state index contributed by atoms with van der Waals surface area (Å²) < 4.78 is 24.4. The Balaban J connectivity index is 1.68. The maximum Gasteiger partial charge on any atom is 0.186 e. The molecule has 4 nitrogen and oxygen atoms in total. The van der Waals surface area contributed by atoms with E-state index in [1.807, 2.05) is 31.2 Å². The van der Waals surface area contributed by atoms with Crippen molar-refractivity contribution in [3.8, 4) is 11.5 Å². The molecule has 0 radical (unpaired) electrons. The second-order valence-corrected chi connectivity index (χ2v) is 6.42. The first-order valence-electron chi connectivity index (χ1n) is 8.60. The maximum atomic E-state index is 13.2. The van der Waals surface area contributed by atoms with Gasteiger partial charge in [-0.3, -0.25) is 0 Å². The highest BCUT2D eigenvalue weighted by Crippen LogP contribution is 2.32. The van der Waals surface area contributed by atoms with Crippen LogP contribution in [-0.2, 0) is 0 Å². The highest BCUT2D eigenvalue weighted by atomic mass is 19.1. The number of rotatable bonds is 6. The lowest BCUT2D eigenvalue weighted by atomic mass is 9.81. The minimum Gasteiger partial charge on any atom is -0.493 e. The van der Waals surface area contributed by atoms with Crippen LogP contribution in [-0.4, -0.2) is 31.6 Å². The van der Waals surface area contributed by atoms with Gasteiger partial charge in [0.25, 0.3) is 0 Å². The Labute approximate surface area is 147 Å². The van der Waals surface area contributed by atoms with E-state index in [9.17, 15) is 4.39 Å². The van der Waals surface area contributed by atoms with Crippen LogP contribution in [0.15, 0.2) is 42.5 Å². The van der Waals surface area contributed by atoms with Crippen LogP contribution in [0.25, 0.3) is 0 Å². The fraction of sp³-hybridized carbons (Fsp3) is 0.400. The second-order valence-electron chi connectivity index (χ2n) is 6.42. The smallest absolute Gasteiger partial charge is 0.186 e. The molecule has 0 aromatic heterocycles. The van der Waals surface area contributed by atoms with Crippen LogP contribution >= 0.6 is 0 Å². The fourth-order valence-electron chi connectivity index (χ4n) is 3.35. The molecule has 0 amide bonds. The van der Waals surface area contributed by atoms with E-state index in [1.54, 1.807) is 6.07 Å². The van der Waals surface area contributed by atoms with Gasteiger partial charge in [-0.1, -0.05) is 18.2 Å². The number of aliphatic hydroxyl groups is 1. The largest absolute Gasteiger partial charge is 0.493 e. The van der Waals surface area contributed by atoms with E-state index in [2.05, 4.69) is 5.32 Å². The van der Waals surface area contributed by atoms with Crippen molar-refractivity contribution >= 4 is 0 Å². The molecule has 0 aliphatic carbocycles. The average molecular weight is 345 g/mol. The van der Waals surface area contributed by atoms with E-state index in [4.69, 9.17) is 14.6 Å². The van der Waals surface area contributed by atoms with E-state index >= 15 is 0 Å². The standard InChI is InChI=1S/C20H24FNO3/c1-14-2-7-18(10-20(14)25-13-23)24-12-16-11-22-9-8-19(16)15-3-5-17(21)6-4-15/h2-7,10,16,19,22-23H,8-9,11-13H2,1H3. The molecule has 5 heteroatoms. The summed E-state index contributed by atoms with van der Waals surface area (Å²) in [5.41, 5.74) is 2.11. The molecule has 1 fully saturated rings. The van der Waals surface area contributed by atoms with Gasteiger partial charge in [0.2, 0.25) is 0 Å². The predicted octanol–water partition coefficient (Wildman–Crippen LogP) is 3.23. The molecule has 0 saturated carbocycles. The van der Waals surface area contributed by atoms with Crippen molar-refractivity contribution in [2.75, 3.05) is 26.5 Å². The summed E-state index contributed by atoms with van der Waals surface area (Å²) >= 11 is 0. The van der Waals surface area contributed by atoms with Gasteiger partial charge in [0, 0.05) is 18.5 Å². The number of nitrogens with one attached hydrogen (secondary N) is 1. The van der Waals surface area contributed by atoms with Crippen LogP contribution in [0.1, 0.15) is 23.5 Å². The number of benzene rings is 2. The molecule has 25 heavy (non-hydrogen) atoms. The third kappa shape index (κ3) is 4.50. The quantitative estimate of drug-likeness (QED) is 0.789. The van der Waals surface area contributed by atoms with Crippen LogP contribution < -0.4 is 14.8 Å². The average Bonchev–Trinajstić information content (AvgIpc) is 2.63. The van der Waals surface area contributed by atoms with Gasteiger partial charge in [0.1, 0.15) is 17.3 Å². The number of ether oxygens (including phenoxy) is 2. The van der Waals surface area contributed by atoms with Gasteiger partial charge in [-0.2, -0.15) is 0 Å². The van der Waals surface area contributed by atoms with Crippen molar-refractivity contribution in [1.29, 1.82) is 0 Å². The Kier molecular flexibility index (Phi) is 5.89. The molecule has 0 spiro atoms. The maximum absolute atomic E-state index is 13.2. The van der Waals surface area contributed by atoms with E-state index in [0.29, 0.717) is 24.2 Å². The molecule has 2 aromatic rings. The van der Waals surface area contributed by atoms with Gasteiger partial charge in [-0.05, 0) is 55.1 Å². The van der Waals surface area contributed by atoms with Gasteiger partial charge in [-0.15, -0.1) is 0 Å². The molecule has 2 atom stereocenters. The topological polar surface area (TPSA) is 50.7 Å². The summed E-state index contributed by atoms with van der Waals surface area (Å²) in [5, 5.41) is 12.4. The number of piperidine rings is 1. The van der Waals surface area contributed by atoms with Crippen LogP contribution in [0, 0.1) is 18.7 Å². The zero-order chi connectivity index (χ0) is 17.6. The molecule has 134 valence electrons. The number of aliphatic hydroxyl groups excluding tert-OH is 1. The molecule has 2 aromatic carbocycles. The number of hydrogen-bond acceptors (Lipinski definition) is 4. The Morgan fingerprint density at radius 1 is 1.16 bits per heavy atom. The van der Waals surface area contributed by atoms with Crippen molar-refractivity contribution in [3.63, 3.8) is 0 Å². The SMILES string of the molecule is Cc1ccc(OCC2CNCCC2c2ccc(F)cc2)cc1OCO. The predicted molar refractivity (Wildman–Crippen MR) is 94.5 cm³/mol. The van der Waals surface area contributed by atoms with Crippen LogP contribution in [0.4, 0.5) is 4.39 Å². The van der Waals surface area contributed by atoms with E-state index < -0.39 is 0 Å². The molecule has 0 bridgehead atoms. The summed E-state index contributed by atoms with van der Waals surface area (Å²) in [6.45, 7) is 3.95. The van der Waals surface area contributed by atoms with Gasteiger partial charge in [0.15, 0.2) is 6.79 Å². The molecule has 1 heterocycles. The van der Waals surface area contributed by atoms with Gasteiger partial charge in [0.05, 0.1) is 6.61 Å². The molecule has 1 aliphatic rings. The van der Waals surface area contributed by atoms with Gasteiger partial charge in [-0.25, -0.2) is 4.39 Å². The van der Waals surface area contributed by atoms with Gasteiger partial charge < -0.3 is 19.9 Å². The molecule has 2 unspecified atom stereocenters. The summed E-state index contributed by atoms with van der Waals surface area (Å²) in [5.74, 6) is 1.79. The lowest BCUT2D eigenvalue weighted by molar-refractivity contribution is 0.0973. The normalized spacial score (nSPS) is 20.3. The summed E-state index contributed by atoms with van der Waals surface area (Å²) in [4.78, 5) is 0. The van der Waals surface area contributed by atoms with Crippen LogP contribution in [0.3, 0.4) is 0 Å². The zero-order valence-corrected chi connectivity index (χ0v) is 14.4. The highest BCUT2D eigenvalue weighted by Gasteiger charge is 2.27. The number of aryl methyl sites for hydroxylation is 1. The van der Waals surface area contributed by atoms with Crippen molar-refractivity contribution in [3.05, 3.63) is 59.4 Å². The second kappa shape index (κ2) is 8.32. The first kappa shape index (κ1) is 17.7. The Morgan fingerprint density at radius 3 is 2.72 bits per heavy atom. The molecule has 3 rings (SSSR count). The van der Waals surface area contributed by atoms with E-state index in [-0.39, 0.29) is 12.6 Å². The molecule has 2 N–H and O–H groups in total. The Hall–Kier alpha value is -2.11. The lowest BCUT2D eigenvalue weighted by Crippen LogP contribution is -2.38. The van der Waals surface area contributed by atoms with Crippen LogP contribution in [0.2, 0.25) is 0 Å². The fourth-order valence-corrected chi connectivity index (χ4v) is 3.35. The first-order chi connectivity index (χ1) is 12.2. The van der Waals surface area contributed by atoms with Crippen molar-refractivity contribution in [1.82, 2.24) is 5.32 Å². The summed E-state index contributed by atoms with van der Waals surface area (Å²) in [6, 6.07) is 12.4. The molecular weight excluding hydrogens is 321 g/mol. The van der Waals surface area contributed by atoms with E-state index in [0.717, 1.165) is 36.4 Å². The van der Waals surface area contributed by atoms with Crippen molar-refractivity contribution < 1.29 is 19.0 Å². The third-order valence-electron chi connectivity index (χ3n) is 4.75. The summed E-state index contributed by atoms with van der Waals surface area (Å²) in [7, 11) is 0. The van der Waals surface area contributed by atoms with Crippen molar-refractivity contribution in [2.24, 2.45) is 5.92 Å². The monoisotopic (exact) mass is 345 g/mol. The Bertz CT molecular complexity index is 690. The lowest BCUT2D eigenvalue weighted by Gasteiger charge is -2.32. The zero-order valence-electron chi connectivity index (χ0n) is 14.4. The Morgan fingerprint density at radius 2 is 1.96 bits per heavy atom. The third-order valence-corrected chi connectivity index (χ3v) is 4.75. The molecule has 1 aliphatic heterocycles. The first-order valence-corrected chi connectivity index (χ1v) is 8.60. The van der Waals surface area contributed by atoms with Crippen molar-refractivity contribution in [2.45, 2.75) is 19.3 Å². The molecular formula is C20H24FNO3. The minimum absolute atomic E-state index is 0.207. The van der Waals surface area contributed by atoms with Gasteiger partial charge >= 0.3 is 0 Å². The molecule has 1 saturated heterocycles.